The van der Waals surface area contributed by atoms with Gasteiger partial charge >= 0.3 is 0 Å². The van der Waals surface area contributed by atoms with Crippen molar-refractivity contribution in [2.24, 2.45) is 0 Å². The second-order valence-electron chi connectivity index (χ2n) is 6.93. The number of aromatic nitrogens is 1. The van der Waals surface area contributed by atoms with Crippen LogP contribution in [0.3, 0.4) is 0 Å². The minimum Gasteiger partial charge on any atom is -0.354 e. The smallest absolute Gasteiger partial charge is 0.0479 e. The Kier molecular flexibility index (Phi) is 2.40. The number of fused-ring (bicyclic) bond motifs is 6. The molecule has 1 N–H and O–H groups in total. The van der Waals surface area contributed by atoms with E-state index in [-0.39, 0.29) is 5.41 Å². The first-order valence-electron chi connectivity index (χ1n) is 7.91. The maximum atomic E-state index is 6.14. The van der Waals surface area contributed by atoms with Crippen LogP contribution in [0.25, 0.3) is 32.9 Å². The summed E-state index contributed by atoms with van der Waals surface area (Å²) in [4.78, 5) is 3.52. The molecule has 1 nitrogen and oxygen atoms in total. The van der Waals surface area contributed by atoms with Gasteiger partial charge in [-0.15, -0.1) is 0 Å². The minimum absolute atomic E-state index is 0.0378. The van der Waals surface area contributed by atoms with E-state index < -0.39 is 0 Å². The van der Waals surface area contributed by atoms with E-state index in [1.807, 2.05) is 12.1 Å². The molecule has 0 bridgehead atoms. The van der Waals surface area contributed by atoms with Crippen LogP contribution >= 0.6 is 11.6 Å². The summed E-state index contributed by atoms with van der Waals surface area (Å²) in [6.07, 6.45) is 0. The molecule has 0 radical (unpaired) electrons. The largest absolute Gasteiger partial charge is 0.354 e. The number of H-pyrrole nitrogens is 1. The second-order valence-corrected chi connectivity index (χ2v) is 7.37. The summed E-state index contributed by atoms with van der Waals surface area (Å²) in [5, 5.41) is 3.28. The highest BCUT2D eigenvalue weighted by Crippen LogP contribution is 2.50. The van der Waals surface area contributed by atoms with Crippen LogP contribution in [0.2, 0.25) is 5.02 Å². The van der Waals surface area contributed by atoms with Crippen molar-refractivity contribution in [1.82, 2.24) is 4.98 Å². The SMILES string of the molecule is CC1(C)c2ccccc2-c2cc3[nH]c4cc(Cl)ccc4c3cc21. The zero-order valence-electron chi connectivity index (χ0n) is 13.1. The highest BCUT2D eigenvalue weighted by Gasteiger charge is 2.35. The lowest BCUT2D eigenvalue weighted by Gasteiger charge is -2.21. The Labute approximate surface area is 139 Å². The van der Waals surface area contributed by atoms with E-state index in [9.17, 15) is 0 Å². The Morgan fingerprint density at radius 2 is 1.57 bits per heavy atom. The zero-order valence-corrected chi connectivity index (χ0v) is 13.8. The summed E-state index contributed by atoms with van der Waals surface area (Å²) in [7, 11) is 0. The van der Waals surface area contributed by atoms with E-state index in [2.05, 4.69) is 61.3 Å². The van der Waals surface area contributed by atoms with Crippen LogP contribution in [0.5, 0.6) is 0 Å². The van der Waals surface area contributed by atoms with Gasteiger partial charge in [0.15, 0.2) is 0 Å². The quantitative estimate of drug-likeness (QED) is 0.393. The van der Waals surface area contributed by atoms with Crippen molar-refractivity contribution in [1.29, 1.82) is 0 Å². The molecule has 0 aliphatic heterocycles. The summed E-state index contributed by atoms with van der Waals surface area (Å²) < 4.78 is 0. The molecule has 2 heteroatoms. The van der Waals surface area contributed by atoms with Crippen LogP contribution in [0.1, 0.15) is 25.0 Å². The molecule has 0 saturated carbocycles. The van der Waals surface area contributed by atoms with Crippen LogP contribution in [-0.2, 0) is 5.41 Å². The Balaban J connectivity index is 1.92. The van der Waals surface area contributed by atoms with Crippen LogP contribution in [0, 0.1) is 0 Å². The molecule has 0 unspecified atom stereocenters. The van der Waals surface area contributed by atoms with Crippen molar-refractivity contribution < 1.29 is 0 Å². The van der Waals surface area contributed by atoms with E-state index >= 15 is 0 Å². The molecule has 5 rings (SSSR count). The van der Waals surface area contributed by atoms with Crippen LogP contribution in [0.15, 0.2) is 54.6 Å². The first-order chi connectivity index (χ1) is 11.1. The second kappa shape index (κ2) is 4.18. The van der Waals surface area contributed by atoms with Crippen LogP contribution in [-0.4, -0.2) is 4.98 Å². The molecule has 3 aromatic carbocycles. The van der Waals surface area contributed by atoms with E-state index in [0.29, 0.717) is 0 Å². The van der Waals surface area contributed by atoms with Gasteiger partial charge in [-0.05, 0) is 46.5 Å². The molecule has 1 heterocycles. The number of benzene rings is 3. The van der Waals surface area contributed by atoms with Gasteiger partial charge in [0.1, 0.15) is 0 Å². The van der Waals surface area contributed by atoms with Crippen LogP contribution in [0.4, 0.5) is 0 Å². The van der Waals surface area contributed by atoms with E-state index in [1.54, 1.807) is 0 Å². The number of halogens is 1. The molecule has 4 aromatic rings. The molecule has 112 valence electrons. The van der Waals surface area contributed by atoms with Crippen molar-refractivity contribution in [2.45, 2.75) is 19.3 Å². The maximum Gasteiger partial charge on any atom is 0.0479 e. The Hall–Kier alpha value is -2.25. The lowest BCUT2D eigenvalue weighted by molar-refractivity contribution is 0.661. The number of hydrogen-bond donors (Lipinski definition) is 1. The first-order valence-corrected chi connectivity index (χ1v) is 8.29. The highest BCUT2D eigenvalue weighted by atomic mass is 35.5. The average Bonchev–Trinajstić information content (AvgIpc) is 2.99. The minimum atomic E-state index is 0.0378. The van der Waals surface area contributed by atoms with Crippen molar-refractivity contribution in [2.75, 3.05) is 0 Å². The van der Waals surface area contributed by atoms with Gasteiger partial charge in [0.2, 0.25) is 0 Å². The molecule has 1 aromatic heterocycles. The van der Waals surface area contributed by atoms with Crippen LogP contribution < -0.4 is 0 Å². The summed E-state index contributed by atoms with van der Waals surface area (Å²) >= 11 is 6.14. The summed E-state index contributed by atoms with van der Waals surface area (Å²) in [6.45, 7) is 4.63. The fourth-order valence-electron chi connectivity index (χ4n) is 4.07. The van der Waals surface area contributed by atoms with Gasteiger partial charge in [-0.2, -0.15) is 0 Å². The Morgan fingerprint density at radius 1 is 0.783 bits per heavy atom. The molecule has 0 spiro atoms. The molecule has 0 atom stereocenters. The maximum absolute atomic E-state index is 6.14. The van der Waals surface area contributed by atoms with Gasteiger partial charge in [0.05, 0.1) is 0 Å². The van der Waals surface area contributed by atoms with Gasteiger partial charge < -0.3 is 4.98 Å². The van der Waals surface area contributed by atoms with Gasteiger partial charge in [-0.25, -0.2) is 0 Å². The number of rotatable bonds is 0. The predicted molar refractivity (Wildman–Crippen MR) is 98.4 cm³/mol. The molecule has 0 amide bonds. The van der Waals surface area contributed by atoms with Gasteiger partial charge in [0.25, 0.3) is 0 Å². The number of aromatic amines is 1. The summed E-state index contributed by atoms with van der Waals surface area (Å²) in [6, 6.07) is 19.5. The van der Waals surface area contributed by atoms with E-state index in [0.717, 1.165) is 10.5 Å². The summed E-state index contributed by atoms with van der Waals surface area (Å²) in [5.41, 5.74) is 7.82. The molecule has 23 heavy (non-hydrogen) atoms. The average molecular weight is 318 g/mol. The zero-order chi connectivity index (χ0) is 15.8. The molecule has 0 saturated heterocycles. The normalized spacial score (nSPS) is 15.1. The van der Waals surface area contributed by atoms with E-state index in [4.69, 9.17) is 11.6 Å². The number of nitrogens with one attached hydrogen (secondary N) is 1. The highest BCUT2D eigenvalue weighted by molar-refractivity contribution is 6.31. The lowest BCUT2D eigenvalue weighted by Crippen LogP contribution is -2.14. The van der Waals surface area contributed by atoms with Gasteiger partial charge in [0, 0.05) is 32.2 Å². The molecular weight excluding hydrogens is 302 g/mol. The van der Waals surface area contributed by atoms with E-state index in [1.165, 1.54) is 38.5 Å². The molecule has 1 aliphatic rings. The fraction of sp³-hybridized carbons (Fsp3) is 0.143. The van der Waals surface area contributed by atoms with Crippen molar-refractivity contribution in [3.63, 3.8) is 0 Å². The van der Waals surface area contributed by atoms with Crippen molar-refractivity contribution >= 4 is 33.4 Å². The topological polar surface area (TPSA) is 15.8 Å². The number of hydrogen-bond acceptors (Lipinski definition) is 0. The van der Waals surface area contributed by atoms with Crippen molar-refractivity contribution in [3.05, 3.63) is 70.7 Å². The predicted octanol–water partition coefficient (Wildman–Crippen LogP) is 6.28. The van der Waals surface area contributed by atoms with Gasteiger partial charge in [-0.1, -0.05) is 55.8 Å². The monoisotopic (exact) mass is 317 g/mol. The fourth-order valence-corrected chi connectivity index (χ4v) is 4.25. The molecular formula is C21H16ClN. The lowest BCUT2D eigenvalue weighted by atomic mass is 9.82. The Bertz CT molecular complexity index is 1100. The molecule has 0 fully saturated rings. The molecule has 1 aliphatic carbocycles. The third-order valence-electron chi connectivity index (χ3n) is 5.26. The first kappa shape index (κ1) is 13.2. The standard InChI is InChI=1S/C21H16ClN/c1-21(2)17-6-4-3-5-13(17)15-11-20-16(10-18(15)21)14-8-7-12(22)9-19(14)23-20/h3-11,23H,1-2H3. The van der Waals surface area contributed by atoms with Gasteiger partial charge in [-0.3, -0.25) is 0 Å². The third-order valence-corrected chi connectivity index (χ3v) is 5.50. The third kappa shape index (κ3) is 1.63. The summed E-state index contributed by atoms with van der Waals surface area (Å²) in [5.74, 6) is 0. The van der Waals surface area contributed by atoms with Crippen molar-refractivity contribution in [3.8, 4) is 11.1 Å². The Morgan fingerprint density at radius 3 is 2.43 bits per heavy atom.